The molecule has 2 aromatic carbocycles. The van der Waals surface area contributed by atoms with Crippen molar-refractivity contribution in [2.45, 2.75) is 11.8 Å². The van der Waals surface area contributed by atoms with Crippen molar-refractivity contribution < 1.29 is 21.8 Å². The number of halogens is 1. The fourth-order valence-corrected chi connectivity index (χ4v) is 6.68. The number of nitrogens with zero attached hydrogens (tertiary/aromatic N) is 4. The van der Waals surface area contributed by atoms with Gasteiger partial charge in [0.1, 0.15) is 5.52 Å². The van der Waals surface area contributed by atoms with Crippen LogP contribution in [0.5, 0.6) is 0 Å². The zero-order valence-electron chi connectivity index (χ0n) is 17.8. The van der Waals surface area contributed by atoms with Gasteiger partial charge in [0.05, 0.1) is 27.4 Å². The van der Waals surface area contributed by atoms with E-state index in [9.17, 15) is 4.79 Å². The second-order valence-electron chi connectivity index (χ2n) is 7.12. The molecule has 1 aromatic heterocycles. The summed E-state index contributed by atoms with van der Waals surface area (Å²) in [5.74, 6) is 0.00929. The molecule has 164 valence electrons. The molecule has 2 aliphatic rings. The number of thioether (sulfide) groups is 2. The van der Waals surface area contributed by atoms with E-state index in [-0.39, 0.29) is 18.3 Å². The normalized spacial score (nSPS) is 19.5. The van der Waals surface area contributed by atoms with Crippen molar-refractivity contribution >= 4 is 67.0 Å². The number of hydrogen-bond donors (Lipinski definition) is 0. The van der Waals surface area contributed by atoms with Crippen molar-refractivity contribution in [1.29, 1.82) is 0 Å². The fourth-order valence-electron chi connectivity index (χ4n) is 3.57. The highest BCUT2D eigenvalue weighted by Gasteiger charge is 2.36. The third-order valence-electron chi connectivity index (χ3n) is 5.26. The molecular weight excluding hydrogens is 480 g/mol. The zero-order chi connectivity index (χ0) is 21.5. The maximum Gasteiger partial charge on any atom is 0.385 e. The van der Waals surface area contributed by atoms with E-state index in [4.69, 9.17) is 4.99 Å². The van der Waals surface area contributed by atoms with Crippen LogP contribution in [0.3, 0.4) is 0 Å². The molecule has 0 unspecified atom stereocenters. The van der Waals surface area contributed by atoms with Crippen molar-refractivity contribution in [2.75, 3.05) is 18.5 Å². The van der Waals surface area contributed by atoms with Crippen LogP contribution in [-0.4, -0.2) is 29.6 Å². The molecule has 5 rings (SSSR count). The Morgan fingerprint density at radius 2 is 1.81 bits per heavy atom. The van der Waals surface area contributed by atoms with Gasteiger partial charge in [-0.05, 0) is 71.4 Å². The average Bonchev–Trinajstić information content (AvgIpc) is 3.39. The first kappa shape index (κ1) is 22.9. The maximum atomic E-state index is 13.0. The van der Waals surface area contributed by atoms with Crippen molar-refractivity contribution in [3.8, 4) is 0 Å². The van der Waals surface area contributed by atoms with Gasteiger partial charge >= 0.3 is 5.13 Å². The summed E-state index contributed by atoms with van der Waals surface area (Å²) in [6.45, 7) is 2.57. The molecule has 0 N–H and O–H groups in total. The Bertz CT molecular complexity index is 1300. The minimum atomic E-state index is 0. The lowest BCUT2D eigenvalue weighted by molar-refractivity contribution is -0.627. The Hall–Kier alpha value is -2.26. The highest BCUT2D eigenvalue weighted by atomic mass is 35.5. The van der Waals surface area contributed by atoms with Gasteiger partial charge in [-0.25, -0.2) is 4.57 Å². The van der Waals surface area contributed by atoms with E-state index in [1.54, 1.807) is 28.0 Å². The molecule has 0 bridgehead atoms. The fraction of sp³-hybridized carbons (Fsp3) is 0.174. The van der Waals surface area contributed by atoms with Crippen LogP contribution in [-0.2, 0) is 11.8 Å². The van der Waals surface area contributed by atoms with Crippen LogP contribution >= 0.6 is 34.9 Å². The predicted octanol–water partition coefficient (Wildman–Crippen LogP) is 2.28. The summed E-state index contributed by atoms with van der Waals surface area (Å²) < 4.78 is 3.26. The van der Waals surface area contributed by atoms with Crippen LogP contribution in [0.4, 0.5) is 10.8 Å². The van der Waals surface area contributed by atoms with E-state index in [1.807, 2.05) is 50.4 Å². The van der Waals surface area contributed by atoms with Gasteiger partial charge in [-0.3, -0.25) is 9.69 Å². The number of aliphatic imine (C=N–C) groups is 1. The van der Waals surface area contributed by atoms with E-state index in [1.165, 1.54) is 27.0 Å². The Morgan fingerprint density at radius 3 is 2.56 bits per heavy atom. The molecule has 0 saturated carbocycles. The Kier molecular flexibility index (Phi) is 6.67. The summed E-state index contributed by atoms with van der Waals surface area (Å²) in [4.78, 5) is 23.7. The quantitative estimate of drug-likeness (QED) is 0.408. The lowest BCUT2D eigenvalue weighted by Gasteiger charge is -2.12. The number of carbonyl (C=O) groups is 1. The Morgan fingerprint density at radius 1 is 1.06 bits per heavy atom. The number of fused-ring (bicyclic) bond motifs is 2. The maximum absolute atomic E-state index is 13.0. The van der Waals surface area contributed by atoms with Crippen molar-refractivity contribution in [3.05, 3.63) is 70.6 Å². The first-order chi connectivity index (χ1) is 15.1. The summed E-state index contributed by atoms with van der Waals surface area (Å²) in [7, 11) is 4.07. The van der Waals surface area contributed by atoms with Gasteiger partial charge in [0, 0.05) is 18.5 Å². The molecule has 1 fully saturated rings. The molecule has 3 heterocycles. The Labute approximate surface area is 205 Å². The van der Waals surface area contributed by atoms with Crippen LogP contribution in [0.15, 0.2) is 80.5 Å². The summed E-state index contributed by atoms with van der Waals surface area (Å²) in [6, 6.07) is 16.6. The van der Waals surface area contributed by atoms with E-state index in [0.29, 0.717) is 11.4 Å². The molecule has 3 aromatic rings. The highest BCUT2D eigenvalue weighted by Crippen LogP contribution is 2.45. The van der Waals surface area contributed by atoms with Gasteiger partial charge in [-0.2, -0.15) is 0 Å². The number of aryl methyl sites for hydroxylation is 1. The number of amides is 1. The topological polar surface area (TPSA) is 39.8 Å². The number of benzene rings is 2. The molecular formula is C23H21ClN4OS3. The molecule has 0 atom stereocenters. The standard InChI is InChI=1S/C23H21N4OS3.ClH/c1-4-27-21(28)19(13-14-20-25(2)15-9-5-7-11-17(15)29-20)31-23(27)24-22-26(3)16-10-6-8-12-18(16)30-22;/h5-14H,4H2,1-3H3;1H/q+1;/p-1/b19-13-,20-14-;. The van der Waals surface area contributed by atoms with Crippen LogP contribution in [0.25, 0.3) is 10.2 Å². The number of hydrogen-bond acceptors (Lipinski definition) is 6. The number of amidine groups is 1. The average molecular weight is 501 g/mol. The lowest BCUT2D eigenvalue weighted by Crippen LogP contribution is -3.00. The van der Waals surface area contributed by atoms with Gasteiger partial charge in [-0.1, -0.05) is 36.0 Å². The van der Waals surface area contributed by atoms with E-state index >= 15 is 0 Å². The molecule has 0 aliphatic carbocycles. The number of para-hydroxylation sites is 2. The first-order valence-corrected chi connectivity index (χ1v) is 12.4. The summed E-state index contributed by atoms with van der Waals surface area (Å²) in [5, 5.41) is 2.72. The Balaban J connectivity index is 0.00000245. The number of allylic oxidation sites excluding steroid dienone is 2. The molecule has 9 heteroatoms. The second kappa shape index (κ2) is 9.31. The highest BCUT2D eigenvalue weighted by molar-refractivity contribution is 8.18. The van der Waals surface area contributed by atoms with E-state index in [0.717, 1.165) is 20.8 Å². The molecule has 0 spiro atoms. The molecule has 1 amide bonds. The minimum Gasteiger partial charge on any atom is -1.00 e. The molecule has 5 nitrogen and oxygen atoms in total. The van der Waals surface area contributed by atoms with Gasteiger partial charge < -0.3 is 17.3 Å². The third-order valence-corrected chi connectivity index (χ3v) is 8.58. The van der Waals surface area contributed by atoms with Crippen LogP contribution in [0.1, 0.15) is 6.92 Å². The zero-order valence-corrected chi connectivity index (χ0v) is 21.0. The number of rotatable bonds is 3. The van der Waals surface area contributed by atoms with Gasteiger partial charge in [-0.15, -0.1) is 0 Å². The number of carbonyl (C=O) groups excluding carboxylic acids is 1. The van der Waals surface area contributed by atoms with E-state index < -0.39 is 0 Å². The first-order valence-electron chi connectivity index (χ1n) is 9.95. The number of anilines is 1. The SMILES string of the molecule is CCN1C(=O)/C(=C/C=C2\Sc3ccccc3N2C)S/C1=N\c1sc2ccccc2[n+]1C.[Cl-]. The van der Waals surface area contributed by atoms with Crippen molar-refractivity contribution in [1.82, 2.24) is 4.90 Å². The van der Waals surface area contributed by atoms with Gasteiger partial charge in [0.25, 0.3) is 11.1 Å². The van der Waals surface area contributed by atoms with Crippen LogP contribution < -0.4 is 21.9 Å². The molecule has 1 saturated heterocycles. The molecule has 2 aliphatic heterocycles. The summed E-state index contributed by atoms with van der Waals surface area (Å²) in [6.07, 6.45) is 3.95. The van der Waals surface area contributed by atoms with Gasteiger partial charge in [0.15, 0.2) is 0 Å². The number of thiazole rings is 1. The number of aromatic nitrogens is 1. The minimum absolute atomic E-state index is 0. The van der Waals surface area contributed by atoms with Crippen molar-refractivity contribution in [3.63, 3.8) is 0 Å². The van der Waals surface area contributed by atoms with Crippen LogP contribution in [0, 0.1) is 0 Å². The monoisotopic (exact) mass is 500 g/mol. The smallest absolute Gasteiger partial charge is 0.385 e. The molecule has 32 heavy (non-hydrogen) atoms. The predicted molar refractivity (Wildman–Crippen MR) is 132 cm³/mol. The van der Waals surface area contributed by atoms with E-state index in [2.05, 4.69) is 40.8 Å². The largest absolute Gasteiger partial charge is 1.00 e. The van der Waals surface area contributed by atoms with Crippen molar-refractivity contribution in [2.24, 2.45) is 12.0 Å². The summed E-state index contributed by atoms with van der Waals surface area (Å²) in [5.41, 5.74) is 2.34. The lowest BCUT2D eigenvalue weighted by atomic mass is 10.3. The van der Waals surface area contributed by atoms with Crippen LogP contribution in [0.2, 0.25) is 0 Å². The number of likely N-dealkylation sites (N-methyl/N-ethyl adjacent to an activating group) is 1. The molecule has 0 radical (unpaired) electrons. The van der Waals surface area contributed by atoms with Gasteiger partial charge in [0.2, 0.25) is 0 Å². The third kappa shape index (κ3) is 3.96. The summed E-state index contributed by atoms with van der Waals surface area (Å²) >= 11 is 4.80. The second-order valence-corrected chi connectivity index (χ2v) is 10.2.